The predicted octanol–water partition coefficient (Wildman–Crippen LogP) is 4.92. The zero-order valence-electron chi connectivity index (χ0n) is 18.6. The molecule has 1 amide bonds. The van der Waals surface area contributed by atoms with Crippen molar-refractivity contribution in [2.24, 2.45) is 0 Å². The van der Waals surface area contributed by atoms with Crippen molar-refractivity contribution in [3.63, 3.8) is 0 Å². The Balaban J connectivity index is 1.76. The summed E-state index contributed by atoms with van der Waals surface area (Å²) in [4.78, 5) is 17.3. The van der Waals surface area contributed by atoms with Crippen LogP contribution in [0.25, 0.3) is 16.8 Å². The van der Waals surface area contributed by atoms with Crippen molar-refractivity contribution in [2.45, 2.75) is 19.5 Å². The second-order valence-corrected chi connectivity index (χ2v) is 7.53. The zero-order chi connectivity index (χ0) is 24.5. The molecule has 2 aromatic heterocycles. The van der Waals surface area contributed by atoms with Gasteiger partial charge in [0.05, 0.1) is 31.8 Å². The number of ether oxygens (including phenoxy) is 2. The second-order valence-electron chi connectivity index (χ2n) is 7.53. The van der Waals surface area contributed by atoms with Gasteiger partial charge in [-0.25, -0.2) is 9.50 Å². The number of halogens is 3. The van der Waals surface area contributed by atoms with Gasteiger partial charge in [-0.1, -0.05) is 12.1 Å². The van der Waals surface area contributed by atoms with Crippen LogP contribution >= 0.6 is 0 Å². The molecule has 7 nitrogen and oxygen atoms in total. The van der Waals surface area contributed by atoms with Crippen molar-refractivity contribution in [1.82, 2.24) is 14.6 Å². The normalized spacial score (nSPS) is 11.5. The highest BCUT2D eigenvalue weighted by Crippen LogP contribution is 2.36. The molecule has 0 bridgehead atoms. The van der Waals surface area contributed by atoms with Gasteiger partial charge in [0, 0.05) is 17.5 Å². The van der Waals surface area contributed by atoms with Gasteiger partial charge in [0.1, 0.15) is 11.5 Å². The molecule has 34 heavy (non-hydrogen) atoms. The summed E-state index contributed by atoms with van der Waals surface area (Å²) in [5.74, 6) is 0.733. The molecule has 0 atom stereocenters. The molecular formula is C24H21F3N4O3. The lowest BCUT2D eigenvalue weighted by Crippen LogP contribution is -2.16. The molecule has 0 spiro atoms. The van der Waals surface area contributed by atoms with Crippen LogP contribution in [0.1, 0.15) is 16.8 Å². The third kappa shape index (κ3) is 4.52. The molecule has 10 heteroatoms. The number of benzene rings is 2. The number of alkyl halides is 3. The van der Waals surface area contributed by atoms with E-state index in [0.29, 0.717) is 34.0 Å². The molecule has 2 heterocycles. The Morgan fingerprint density at radius 2 is 1.88 bits per heavy atom. The number of nitrogens with zero attached hydrogens (tertiary/aromatic N) is 3. The number of anilines is 1. The van der Waals surface area contributed by atoms with Gasteiger partial charge in [0.15, 0.2) is 11.5 Å². The first-order valence-electron chi connectivity index (χ1n) is 10.2. The van der Waals surface area contributed by atoms with Crippen LogP contribution in [0.2, 0.25) is 0 Å². The van der Waals surface area contributed by atoms with Gasteiger partial charge in [-0.3, -0.25) is 4.79 Å². The largest absolute Gasteiger partial charge is 0.497 e. The van der Waals surface area contributed by atoms with Gasteiger partial charge in [0.25, 0.3) is 0 Å². The Kier molecular flexibility index (Phi) is 6.14. The maximum absolute atomic E-state index is 13.3. The number of methoxy groups -OCH3 is 2. The van der Waals surface area contributed by atoms with E-state index in [2.05, 4.69) is 15.4 Å². The zero-order valence-corrected chi connectivity index (χ0v) is 18.6. The number of rotatable bonds is 6. The number of hydrogen-bond acceptors (Lipinski definition) is 5. The van der Waals surface area contributed by atoms with Crippen LogP contribution in [-0.4, -0.2) is 34.7 Å². The fourth-order valence-electron chi connectivity index (χ4n) is 3.63. The van der Waals surface area contributed by atoms with E-state index < -0.39 is 17.6 Å². The van der Waals surface area contributed by atoms with Crippen molar-refractivity contribution in [2.75, 3.05) is 19.5 Å². The van der Waals surface area contributed by atoms with E-state index >= 15 is 0 Å². The highest BCUT2D eigenvalue weighted by molar-refractivity contribution is 5.99. The summed E-state index contributed by atoms with van der Waals surface area (Å²) in [7, 11) is 3.00. The fourth-order valence-corrected chi connectivity index (χ4v) is 3.63. The minimum atomic E-state index is -4.52. The Morgan fingerprint density at radius 1 is 1.09 bits per heavy atom. The van der Waals surface area contributed by atoms with Crippen molar-refractivity contribution in [1.29, 1.82) is 0 Å². The van der Waals surface area contributed by atoms with E-state index in [4.69, 9.17) is 9.47 Å². The van der Waals surface area contributed by atoms with Gasteiger partial charge in [-0.15, -0.1) is 5.10 Å². The molecule has 0 aliphatic carbocycles. The van der Waals surface area contributed by atoms with Crippen LogP contribution in [0.15, 0.2) is 54.7 Å². The number of carbonyl (C=O) groups is 1. The summed E-state index contributed by atoms with van der Waals surface area (Å²) < 4.78 is 52.1. The predicted molar refractivity (Wildman–Crippen MR) is 120 cm³/mol. The standard InChI is InChI=1S/C24H21F3N4O3/c1-14-9-10-28-23-21(15-5-4-6-17(11-15)24(25,26)27)22(30-31(14)23)29-20(32)13-16-12-18(33-2)7-8-19(16)34-3/h4-12H,13H2,1-3H3,(H,29,30,32). The van der Waals surface area contributed by atoms with E-state index in [9.17, 15) is 18.0 Å². The first-order valence-corrected chi connectivity index (χ1v) is 10.2. The lowest BCUT2D eigenvalue weighted by Gasteiger charge is -2.11. The van der Waals surface area contributed by atoms with Crippen LogP contribution in [-0.2, 0) is 17.4 Å². The van der Waals surface area contributed by atoms with Crippen molar-refractivity contribution < 1.29 is 27.4 Å². The molecule has 4 aromatic rings. The third-order valence-electron chi connectivity index (χ3n) is 5.28. The average Bonchev–Trinajstić information content (AvgIpc) is 3.17. The minimum absolute atomic E-state index is 0.0668. The molecule has 0 aliphatic rings. The van der Waals surface area contributed by atoms with Crippen LogP contribution in [0.4, 0.5) is 19.0 Å². The lowest BCUT2D eigenvalue weighted by atomic mass is 10.0. The number of aryl methyl sites for hydroxylation is 1. The number of hydrogen-bond donors (Lipinski definition) is 1. The molecule has 0 saturated carbocycles. The maximum Gasteiger partial charge on any atom is 0.416 e. The monoisotopic (exact) mass is 470 g/mol. The maximum atomic E-state index is 13.3. The SMILES string of the molecule is COc1ccc(OC)c(CC(=O)Nc2nn3c(C)ccnc3c2-c2cccc(C(F)(F)F)c2)c1. The number of aromatic nitrogens is 3. The Labute approximate surface area is 193 Å². The van der Waals surface area contributed by atoms with Gasteiger partial charge in [-0.05, 0) is 48.9 Å². The Morgan fingerprint density at radius 3 is 2.59 bits per heavy atom. The highest BCUT2D eigenvalue weighted by atomic mass is 19.4. The van der Waals surface area contributed by atoms with E-state index in [1.165, 1.54) is 37.1 Å². The smallest absolute Gasteiger partial charge is 0.416 e. The number of carbonyl (C=O) groups excluding carboxylic acids is 1. The molecule has 176 valence electrons. The Hall–Kier alpha value is -4.08. The number of amides is 1. The third-order valence-corrected chi connectivity index (χ3v) is 5.28. The molecular weight excluding hydrogens is 449 g/mol. The summed E-state index contributed by atoms with van der Waals surface area (Å²) in [6.07, 6.45) is -3.05. The fraction of sp³-hybridized carbons (Fsp3) is 0.208. The summed E-state index contributed by atoms with van der Waals surface area (Å²) in [6.45, 7) is 1.78. The summed E-state index contributed by atoms with van der Waals surface area (Å²) in [5.41, 5.74) is 1.33. The quantitative estimate of drug-likeness (QED) is 0.433. The van der Waals surface area contributed by atoms with E-state index in [0.717, 1.165) is 12.1 Å². The molecule has 0 radical (unpaired) electrons. The van der Waals surface area contributed by atoms with Crippen molar-refractivity contribution in [3.05, 3.63) is 71.5 Å². The molecule has 0 saturated heterocycles. The molecule has 0 fully saturated rings. The number of nitrogens with one attached hydrogen (secondary N) is 1. The first-order chi connectivity index (χ1) is 16.2. The van der Waals surface area contributed by atoms with Crippen molar-refractivity contribution in [3.8, 4) is 22.6 Å². The van der Waals surface area contributed by atoms with Gasteiger partial charge >= 0.3 is 6.18 Å². The molecule has 0 aliphatic heterocycles. The topological polar surface area (TPSA) is 77.8 Å². The average molecular weight is 470 g/mol. The minimum Gasteiger partial charge on any atom is -0.497 e. The lowest BCUT2D eigenvalue weighted by molar-refractivity contribution is -0.137. The summed E-state index contributed by atoms with van der Waals surface area (Å²) >= 11 is 0. The van der Waals surface area contributed by atoms with Gasteiger partial charge in [0.2, 0.25) is 5.91 Å². The molecule has 0 unspecified atom stereocenters. The van der Waals surface area contributed by atoms with Gasteiger partial charge < -0.3 is 14.8 Å². The van der Waals surface area contributed by atoms with Crippen LogP contribution < -0.4 is 14.8 Å². The van der Waals surface area contributed by atoms with E-state index in [1.54, 1.807) is 31.2 Å². The number of fused-ring (bicyclic) bond motifs is 1. The highest BCUT2D eigenvalue weighted by Gasteiger charge is 2.31. The molecule has 1 N–H and O–H groups in total. The Bertz CT molecular complexity index is 1370. The van der Waals surface area contributed by atoms with Crippen molar-refractivity contribution >= 4 is 17.4 Å². The molecule has 4 rings (SSSR count). The van der Waals surface area contributed by atoms with E-state index in [-0.39, 0.29) is 17.8 Å². The summed E-state index contributed by atoms with van der Waals surface area (Å²) in [5, 5.41) is 7.16. The first kappa shape index (κ1) is 23.1. The van der Waals surface area contributed by atoms with Crippen LogP contribution in [0.3, 0.4) is 0 Å². The van der Waals surface area contributed by atoms with E-state index in [1.807, 2.05) is 0 Å². The second kappa shape index (κ2) is 9.05. The van der Waals surface area contributed by atoms with Crippen LogP contribution in [0.5, 0.6) is 11.5 Å². The molecule has 2 aromatic carbocycles. The summed E-state index contributed by atoms with van der Waals surface area (Å²) in [6, 6.07) is 11.6. The van der Waals surface area contributed by atoms with Crippen LogP contribution in [0, 0.1) is 6.92 Å². The van der Waals surface area contributed by atoms with Gasteiger partial charge in [-0.2, -0.15) is 13.2 Å².